The molecule has 2 aromatic rings. The van der Waals surface area contributed by atoms with Crippen LogP contribution in [0, 0.1) is 6.92 Å². The molecular formula is C16H23N3O4S. The highest BCUT2D eigenvalue weighted by atomic mass is 32.1. The van der Waals surface area contributed by atoms with Crippen LogP contribution in [-0.2, 0) is 11.3 Å². The number of aliphatic hydroxyl groups excluding tert-OH is 1. The predicted octanol–water partition coefficient (Wildman–Crippen LogP) is 1.67. The quantitative estimate of drug-likeness (QED) is 0.767. The maximum absolute atomic E-state index is 12.4. The van der Waals surface area contributed by atoms with Crippen LogP contribution in [-0.4, -0.2) is 51.7 Å². The SMILES string of the molecule is Cc1c(C(=O)OC(C)C)sc2nc(CN(C)CC(C)O)[nH]c(=O)c12. The van der Waals surface area contributed by atoms with E-state index in [0.29, 0.717) is 39.6 Å². The highest BCUT2D eigenvalue weighted by Crippen LogP contribution is 2.28. The molecule has 1 unspecified atom stereocenters. The van der Waals surface area contributed by atoms with Crippen LogP contribution in [0.5, 0.6) is 0 Å². The first-order chi connectivity index (χ1) is 11.2. The number of rotatable bonds is 6. The largest absolute Gasteiger partial charge is 0.459 e. The molecule has 2 N–H and O–H groups in total. The van der Waals surface area contributed by atoms with Crippen LogP contribution >= 0.6 is 11.3 Å². The number of carbonyl (C=O) groups is 1. The number of aliphatic hydroxyl groups is 1. The number of likely N-dealkylation sites (N-methyl/N-ethyl adjacent to an activating group) is 1. The summed E-state index contributed by atoms with van der Waals surface area (Å²) in [6.45, 7) is 7.86. The van der Waals surface area contributed by atoms with E-state index in [9.17, 15) is 14.7 Å². The Morgan fingerprint density at radius 1 is 1.42 bits per heavy atom. The van der Waals surface area contributed by atoms with Crippen molar-refractivity contribution in [2.24, 2.45) is 0 Å². The number of carbonyl (C=O) groups excluding carboxylic acids is 1. The maximum Gasteiger partial charge on any atom is 0.348 e. The van der Waals surface area contributed by atoms with Crippen molar-refractivity contribution in [2.75, 3.05) is 13.6 Å². The van der Waals surface area contributed by atoms with Crippen LogP contribution in [0.15, 0.2) is 4.79 Å². The van der Waals surface area contributed by atoms with E-state index in [0.717, 1.165) is 0 Å². The molecule has 0 aliphatic rings. The molecule has 8 heteroatoms. The van der Waals surface area contributed by atoms with Crippen molar-refractivity contribution in [1.82, 2.24) is 14.9 Å². The van der Waals surface area contributed by atoms with Crippen LogP contribution in [0.1, 0.15) is 41.8 Å². The highest BCUT2D eigenvalue weighted by Gasteiger charge is 2.21. The minimum atomic E-state index is -0.466. The number of hydrogen-bond donors (Lipinski definition) is 2. The number of aryl methyl sites for hydroxylation is 1. The van der Waals surface area contributed by atoms with Crippen molar-refractivity contribution in [2.45, 2.75) is 46.4 Å². The Hall–Kier alpha value is -1.77. The number of aromatic amines is 1. The molecular weight excluding hydrogens is 330 g/mol. The fraction of sp³-hybridized carbons (Fsp3) is 0.562. The number of hydrogen-bond acceptors (Lipinski definition) is 7. The Labute approximate surface area is 144 Å². The third-order valence-electron chi connectivity index (χ3n) is 3.37. The molecule has 0 aromatic carbocycles. The minimum Gasteiger partial charge on any atom is -0.459 e. The molecule has 2 aromatic heterocycles. The Balaban J connectivity index is 2.37. The van der Waals surface area contributed by atoms with Crippen LogP contribution in [0.4, 0.5) is 0 Å². The van der Waals surface area contributed by atoms with Crippen LogP contribution < -0.4 is 5.56 Å². The van der Waals surface area contributed by atoms with Gasteiger partial charge >= 0.3 is 5.97 Å². The number of esters is 1. The van der Waals surface area contributed by atoms with Gasteiger partial charge in [0.15, 0.2) is 0 Å². The standard InChI is InChI=1S/C16H23N3O4S/c1-8(2)23-16(22)13-10(4)12-14(21)17-11(18-15(12)24-13)7-19(5)6-9(3)20/h8-9,20H,6-7H2,1-5H3,(H,17,18,21). The number of fused-ring (bicyclic) bond motifs is 1. The van der Waals surface area contributed by atoms with Gasteiger partial charge in [0.1, 0.15) is 15.5 Å². The summed E-state index contributed by atoms with van der Waals surface area (Å²) in [5.74, 6) is 0.0679. The van der Waals surface area contributed by atoms with Gasteiger partial charge < -0.3 is 14.8 Å². The lowest BCUT2D eigenvalue weighted by Crippen LogP contribution is -2.28. The molecule has 2 rings (SSSR count). The predicted molar refractivity (Wildman–Crippen MR) is 93.5 cm³/mol. The zero-order valence-corrected chi connectivity index (χ0v) is 15.4. The molecule has 0 saturated heterocycles. The molecule has 0 bridgehead atoms. The van der Waals surface area contributed by atoms with E-state index in [1.165, 1.54) is 11.3 Å². The van der Waals surface area contributed by atoms with E-state index in [1.54, 1.807) is 27.7 Å². The number of aromatic nitrogens is 2. The second-order valence-corrected chi connectivity index (χ2v) is 7.25. The average molecular weight is 353 g/mol. The molecule has 0 spiro atoms. The van der Waals surface area contributed by atoms with Gasteiger partial charge in [-0.2, -0.15) is 0 Å². The number of ether oxygens (including phenoxy) is 1. The van der Waals surface area contributed by atoms with E-state index in [4.69, 9.17) is 4.74 Å². The fourth-order valence-electron chi connectivity index (χ4n) is 2.50. The summed E-state index contributed by atoms with van der Waals surface area (Å²) in [6, 6.07) is 0. The number of nitrogens with one attached hydrogen (secondary N) is 1. The molecule has 2 heterocycles. The summed E-state index contributed by atoms with van der Waals surface area (Å²) in [4.78, 5) is 34.5. The molecule has 0 saturated carbocycles. The summed E-state index contributed by atoms with van der Waals surface area (Å²) in [5.41, 5.74) is 0.330. The van der Waals surface area contributed by atoms with Crippen molar-refractivity contribution in [1.29, 1.82) is 0 Å². The molecule has 7 nitrogen and oxygen atoms in total. The fourth-order valence-corrected chi connectivity index (χ4v) is 3.58. The average Bonchev–Trinajstić information content (AvgIpc) is 2.74. The first kappa shape index (κ1) is 18.6. The Kier molecular flexibility index (Phi) is 5.74. The van der Waals surface area contributed by atoms with Gasteiger partial charge in [0, 0.05) is 6.54 Å². The summed E-state index contributed by atoms with van der Waals surface area (Å²) in [6.07, 6.45) is -0.690. The Bertz CT molecular complexity index is 794. The zero-order valence-electron chi connectivity index (χ0n) is 14.5. The van der Waals surface area contributed by atoms with E-state index < -0.39 is 12.1 Å². The van der Waals surface area contributed by atoms with E-state index in [1.807, 2.05) is 11.9 Å². The normalized spacial score (nSPS) is 13.0. The van der Waals surface area contributed by atoms with Gasteiger partial charge in [-0.1, -0.05) is 0 Å². The Morgan fingerprint density at radius 2 is 2.08 bits per heavy atom. The van der Waals surface area contributed by atoms with Crippen LogP contribution in [0.3, 0.4) is 0 Å². The van der Waals surface area contributed by atoms with Crippen LogP contribution in [0.2, 0.25) is 0 Å². The summed E-state index contributed by atoms with van der Waals surface area (Å²) in [5, 5.41) is 9.84. The molecule has 0 aliphatic heterocycles. The molecule has 0 amide bonds. The van der Waals surface area contributed by atoms with Crippen LogP contribution in [0.25, 0.3) is 10.2 Å². The maximum atomic E-state index is 12.4. The van der Waals surface area contributed by atoms with E-state index in [-0.39, 0.29) is 11.7 Å². The highest BCUT2D eigenvalue weighted by molar-refractivity contribution is 7.20. The van der Waals surface area contributed by atoms with E-state index in [2.05, 4.69) is 9.97 Å². The smallest absolute Gasteiger partial charge is 0.348 e. The van der Waals surface area contributed by atoms with Crippen molar-refractivity contribution in [3.05, 3.63) is 26.6 Å². The van der Waals surface area contributed by atoms with Crippen molar-refractivity contribution >= 4 is 27.5 Å². The summed E-state index contributed by atoms with van der Waals surface area (Å²) >= 11 is 1.17. The molecule has 0 fully saturated rings. The second-order valence-electron chi connectivity index (χ2n) is 6.25. The van der Waals surface area contributed by atoms with E-state index >= 15 is 0 Å². The monoisotopic (exact) mass is 353 g/mol. The third kappa shape index (κ3) is 4.19. The minimum absolute atomic E-state index is 0.224. The lowest BCUT2D eigenvalue weighted by Gasteiger charge is -2.17. The van der Waals surface area contributed by atoms with Gasteiger partial charge in [-0.25, -0.2) is 9.78 Å². The van der Waals surface area contributed by atoms with Gasteiger partial charge in [0.25, 0.3) is 5.56 Å². The first-order valence-corrected chi connectivity index (χ1v) is 8.60. The second kappa shape index (κ2) is 7.42. The zero-order chi connectivity index (χ0) is 18.0. The Morgan fingerprint density at radius 3 is 2.67 bits per heavy atom. The topological polar surface area (TPSA) is 95.5 Å². The first-order valence-electron chi connectivity index (χ1n) is 7.79. The van der Waals surface area contributed by atoms with Gasteiger partial charge in [-0.3, -0.25) is 9.69 Å². The molecule has 132 valence electrons. The van der Waals surface area contributed by atoms with Gasteiger partial charge in [-0.05, 0) is 40.3 Å². The number of nitrogens with zero attached hydrogens (tertiary/aromatic N) is 2. The van der Waals surface area contributed by atoms with Gasteiger partial charge in [0.2, 0.25) is 0 Å². The number of H-pyrrole nitrogens is 1. The van der Waals surface area contributed by atoms with Gasteiger partial charge in [-0.15, -0.1) is 11.3 Å². The van der Waals surface area contributed by atoms with Crippen molar-refractivity contribution < 1.29 is 14.6 Å². The molecule has 24 heavy (non-hydrogen) atoms. The van der Waals surface area contributed by atoms with Gasteiger partial charge in [0.05, 0.1) is 24.1 Å². The lowest BCUT2D eigenvalue weighted by molar-refractivity contribution is 0.0383. The number of thiophene rings is 1. The summed E-state index contributed by atoms with van der Waals surface area (Å²) < 4.78 is 5.22. The third-order valence-corrected chi connectivity index (χ3v) is 4.54. The molecule has 1 atom stereocenters. The molecule has 0 radical (unpaired) electrons. The molecule has 0 aliphatic carbocycles. The summed E-state index contributed by atoms with van der Waals surface area (Å²) in [7, 11) is 1.84. The van der Waals surface area contributed by atoms with Crippen molar-refractivity contribution in [3.8, 4) is 0 Å². The van der Waals surface area contributed by atoms with Crippen molar-refractivity contribution in [3.63, 3.8) is 0 Å². The lowest BCUT2D eigenvalue weighted by atomic mass is 10.2.